The van der Waals surface area contributed by atoms with Crippen molar-refractivity contribution in [2.75, 3.05) is 17.7 Å². The molecule has 168 valence electrons. The number of pyridine rings is 1. The molecule has 0 spiro atoms. The van der Waals surface area contributed by atoms with Crippen LogP contribution in [0.25, 0.3) is 5.65 Å². The lowest BCUT2D eigenvalue weighted by molar-refractivity contribution is -0.116. The van der Waals surface area contributed by atoms with E-state index in [1.54, 1.807) is 42.0 Å². The van der Waals surface area contributed by atoms with Gasteiger partial charge in [-0.2, -0.15) is 10.2 Å². The van der Waals surface area contributed by atoms with E-state index in [2.05, 4.69) is 31.8 Å². The summed E-state index contributed by atoms with van der Waals surface area (Å²) in [6.07, 6.45) is 10.6. The molecule has 3 heterocycles. The standard InChI is InChI=1S/C24H24N6O3/c1-4-5-10-24(28-29-24)11-8-22(31)26-17-6-7-19(16(2)13-17)27-23(32)20-15-25-21-14-18(33-3)9-12-30(20)21/h1,6-7,9,12-15H,5,8,10-11H2,2-3H3,(H,26,31)(H,27,32). The third-order valence-electron chi connectivity index (χ3n) is 5.52. The summed E-state index contributed by atoms with van der Waals surface area (Å²) >= 11 is 0. The molecule has 2 amide bonds. The average Bonchev–Trinajstić information content (AvgIpc) is 3.46. The van der Waals surface area contributed by atoms with Gasteiger partial charge < -0.3 is 15.4 Å². The van der Waals surface area contributed by atoms with Crippen molar-refractivity contribution in [1.29, 1.82) is 0 Å². The second-order valence-electron chi connectivity index (χ2n) is 7.86. The van der Waals surface area contributed by atoms with Gasteiger partial charge in [-0.1, -0.05) is 0 Å². The van der Waals surface area contributed by atoms with Crippen LogP contribution in [-0.4, -0.2) is 34.0 Å². The Balaban J connectivity index is 1.36. The van der Waals surface area contributed by atoms with Crippen molar-refractivity contribution in [3.8, 4) is 18.1 Å². The number of carbonyl (C=O) groups excluding carboxylic acids is 2. The number of carbonyl (C=O) groups is 2. The number of ether oxygens (including phenoxy) is 1. The minimum atomic E-state index is -0.475. The van der Waals surface area contributed by atoms with Crippen molar-refractivity contribution in [1.82, 2.24) is 9.38 Å². The number of fused-ring (bicyclic) bond motifs is 1. The van der Waals surface area contributed by atoms with Gasteiger partial charge in [-0.05, 0) is 36.8 Å². The fourth-order valence-electron chi connectivity index (χ4n) is 3.53. The highest BCUT2D eigenvalue weighted by Crippen LogP contribution is 2.37. The molecule has 2 N–H and O–H groups in total. The maximum Gasteiger partial charge on any atom is 0.274 e. The number of terminal acetylenes is 1. The topological polar surface area (TPSA) is 109 Å². The molecule has 1 aliphatic rings. The van der Waals surface area contributed by atoms with Gasteiger partial charge in [0.25, 0.3) is 5.91 Å². The number of nitrogens with zero attached hydrogens (tertiary/aromatic N) is 4. The van der Waals surface area contributed by atoms with E-state index in [1.807, 2.05) is 13.0 Å². The van der Waals surface area contributed by atoms with E-state index < -0.39 is 5.66 Å². The summed E-state index contributed by atoms with van der Waals surface area (Å²) in [5.74, 6) is 2.83. The fourth-order valence-corrected chi connectivity index (χ4v) is 3.53. The van der Waals surface area contributed by atoms with Gasteiger partial charge in [0.2, 0.25) is 5.91 Å². The fraction of sp³-hybridized carbons (Fsp3) is 0.292. The van der Waals surface area contributed by atoms with Crippen molar-refractivity contribution in [2.24, 2.45) is 10.2 Å². The molecule has 3 aromatic rings. The van der Waals surface area contributed by atoms with E-state index >= 15 is 0 Å². The lowest BCUT2D eigenvalue weighted by atomic mass is 10.0. The molecule has 4 rings (SSSR count). The van der Waals surface area contributed by atoms with Crippen molar-refractivity contribution >= 4 is 28.8 Å². The molecule has 0 radical (unpaired) electrons. The Morgan fingerprint density at radius 2 is 2.00 bits per heavy atom. The maximum absolute atomic E-state index is 12.8. The van der Waals surface area contributed by atoms with E-state index in [0.29, 0.717) is 54.1 Å². The minimum Gasteiger partial charge on any atom is -0.497 e. The monoisotopic (exact) mass is 444 g/mol. The normalized spacial score (nSPS) is 13.4. The van der Waals surface area contributed by atoms with Crippen LogP contribution in [0.3, 0.4) is 0 Å². The molecule has 0 unspecified atom stereocenters. The van der Waals surface area contributed by atoms with Gasteiger partial charge in [0, 0.05) is 49.3 Å². The highest BCUT2D eigenvalue weighted by molar-refractivity contribution is 6.04. The molecule has 1 aliphatic heterocycles. The van der Waals surface area contributed by atoms with Crippen LogP contribution >= 0.6 is 0 Å². The van der Waals surface area contributed by atoms with E-state index in [1.165, 1.54) is 6.20 Å². The number of methoxy groups -OCH3 is 1. The molecule has 2 aromatic heterocycles. The molecular formula is C24H24N6O3. The third-order valence-corrected chi connectivity index (χ3v) is 5.52. The Kier molecular flexibility index (Phi) is 6.09. The third kappa shape index (κ3) is 5.01. The Bertz CT molecular complexity index is 1280. The van der Waals surface area contributed by atoms with Crippen LogP contribution < -0.4 is 15.4 Å². The molecular weight excluding hydrogens is 420 g/mol. The number of rotatable bonds is 9. The lowest BCUT2D eigenvalue weighted by Crippen LogP contribution is -2.18. The van der Waals surface area contributed by atoms with Gasteiger partial charge in [-0.3, -0.25) is 14.0 Å². The predicted octanol–water partition coefficient (Wildman–Crippen LogP) is 4.20. The summed E-state index contributed by atoms with van der Waals surface area (Å²) in [7, 11) is 1.58. The summed E-state index contributed by atoms with van der Waals surface area (Å²) in [5.41, 5.74) is 2.65. The number of aryl methyl sites for hydroxylation is 1. The quantitative estimate of drug-likeness (QED) is 0.482. The van der Waals surface area contributed by atoms with Crippen LogP contribution in [0.15, 0.2) is 53.0 Å². The second-order valence-corrected chi connectivity index (χ2v) is 7.86. The molecule has 9 nitrogen and oxygen atoms in total. The zero-order valence-corrected chi connectivity index (χ0v) is 18.5. The van der Waals surface area contributed by atoms with Crippen LogP contribution in [0.1, 0.15) is 41.7 Å². The Morgan fingerprint density at radius 3 is 2.70 bits per heavy atom. The zero-order chi connectivity index (χ0) is 23.4. The number of benzene rings is 1. The lowest BCUT2D eigenvalue weighted by Gasteiger charge is -2.12. The molecule has 0 saturated carbocycles. The Labute approximate surface area is 191 Å². The highest BCUT2D eigenvalue weighted by atomic mass is 16.5. The van der Waals surface area contributed by atoms with E-state index in [0.717, 1.165) is 5.56 Å². The first-order valence-electron chi connectivity index (χ1n) is 10.5. The summed E-state index contributed by atoms with van der Waals surface area (Å²) in [5, 5.41) is 13.9. The second kappa shape index (κ2) is 9.12. The number of nitrogens with one attached hydrogen (secondary N) is 2. The molecule has 0 bridgehead atoms. The van der Waals surface area contributed by atoms with Crippen LogP contribution in [0.2, 0.25) is 0 Å². The molecule has 1 aromatic carbocycles. The van der Waals surface area contributed by atoms with Gasteiger partial charge in [-0.15, -0.1) is 12.3 Å². The number of imidazole rings is 1. The predicted molar refractivity (Wildman–Crippen MR) is 124 cm³/mol. The number of amides is 2. The summed E-state index contributed by atoms with van der Waals surface area (Å²) in [4.78, 5) is 29.4. The number of anilines is 2. The first kappa shape index (κ1) is 22.0. The molecule has 0 fully saturated rings. The first-order chi connectivity index (χ1) is 15.9. The van der Waals surface area contributed by atoms with Crippen molar-refractivity contribution < 1.29 is 14.3 Å². The van der Waals surface area contributed by atoms with Gasteiger partial charge in [0.15, 0.2) is 5.66 Å². The molecule has 9 heteroatoms. The number of aromatic nitrogens is 2. The number of hydrogen-bond donors (Lipinski definition) is 2. The van der Waals surface area contributed by atoms with Crippen LogP contribution in [0.5, 0.6) is 5.75 Å². The maximum atomic E-state index is 12.8. The van der Waals surface area contributed by atoms with Crippen molar-refractivity contribution in [3.63, 3.8) is 0 Å². The molecule has 33 heavy (non-hydrogen) atoms. The van der Waals surface area contributed by atoms with Gasteiger partial charge in [-0.25, -0.2) is 4.98 Å². The largest absolute Gasteiger partial charge is 0.497 e. The van der Waals surface area contributed by atoms with Crippen molar-refractivity contribution in [3.05, 3.63) is 54.0 Å². The van der Waals surface area contributed by atoms with Gasteiger partial charge in [0.05, 0.1) is 13.3 Å². The van der Waals surface area contributed by atoms with Crippen LogP contribution in [0, 0.1) is 19.3 Å². The van der Waals surface area contributed by atoms with Crippen LogP contribution in [-0.2, 0) is 4.79 Å². The van der Waals surface area contributed by atoms with Crippen LogP contribution in [0.4, 0.5) is 11.4 Å². The Hall–Kier alpha value is -4.19. The van der Waals surface area contributed by atoms with Gasteiger partial charge >= 0.3 is 0 Å². The summed E-state index contributed by atoms with van der Waals surface area (Å²) in [6, 6.07) is 8.83. The summed E-state index contributed by atoms with van der Waals surface area (Å²) in [6.45, 7) is 1.86. The van der Waals surface area contributed by atoms with Crippen molar-refractivity contribution in [2.45, 2.75) is 38.3 Å². The zero-order valence-electron chi connectivity index (χ0n) is 18.5. The van der Waals surface area contributed by atoms with E-state index in [-0.39, 0.29) is 11.8 Å². The summed E-state index contributed by atoms with van der Waals surface area (Å²) < 4.78 is 6.88. The Morgan fingerprint density at radius 1 is 1.18 bits per heavy atom. The minimum absolute atomic E-state index is 0.121. The average molecular weight is 444 g/mol. The molecule has 0 saturated heterocycles. The highest BCUT2D eigenvalue weighted by Gasteiger charge is 2.39. The first-order valence-corrected chi connectivity index (χ1v) is 10.5. The number of hydrogen-bond acceptors (Lipinski definition) is 6. The smallest absolute Gasteiger partial charge is 0.274 e. The molecule has 0 atom stereocenters. The SMILES string of the molecule is C#CCCC1(CCC(=O)Nc2ccc(NC(=O)c3cnc4cc(OC)ccn34)c(C)c2)N=N1. The van der Waals surface area contributed by atoms with Gasteiger partial charge in [0.1, 0.15) is 17.1 Å². The molecule has 0 aliphatic carbocycles. The van der Waals surface area contributed by atoms with E-state index in [4.69, 9.17) is 11.2 Å². The van der Waals surface area contributed by atoms with E-state index in [9.17, 15) is 9.59 Å².